The average Bonchev–Trinajstić information content (AvgIpc) is 2.89. The summed E-state index contributed by atoms with van der Waals surface area (Å²) >= 11 is 1.61. The number of fused-ring (bicyclic) bond motifs is 1. The maximum absolute atomic E-state index is 11.6. The molecular weight excluding hydrogens is 234 g/mol. The Morgan fingerprint density at radius 1 is 1.41 bits per heavy atom. The molecule has 4 heteroatoms. The second kappa shape index (κ2) is 3.50. The van der Waals surface area contributed by atoms with Gasteiger partial charge in [0.05, 0.1) is 16.5 Å². The van der Waals surface area contributed by atoms with Crippen LogP contribution in [0.5, 0.6) is 0 Å². The van der Waals surface area contributed by atoms with Gasteiger partial charge in [-0.25, -0.2) is 0 Å². The van der Waals surface area contributed by atoms with Crippen molar-refractivity contribution >= 4 is 23.4 Å². The highest BCUT2D eigenvalue weighted by atomic mass is 32.2. The van der Waals surface area contributed by atoms with E-state index in [1.165, 1.54) is 0 Å². The summed E-state index contributed by atoms with van der Waals surface area (Å²) < 4.78 is 5.61. The van der Waals surface area contributed by atoms with Gasteiger partial charge in [-0.05, 0) is 38.5 Å². The van der Waals surface area contributed by atoms with Crippen molar-refractivity contribution in [3.05, 3.63) is 23.8 Å². The molecule has 1 aromatic carbocycles. The van der Waals surface area contributed by atoms with Gasteiger partial charge in [-0.3, -0.25) is 4.79 Å². The van der Waals surface area contributed by atoms with Crippen molar-refractivity contribution in [1.82, 2.24) is 0 Å². The summed E-state index contributed by atoms with van der Waals surface area (Å²) in [6.45, 7) is 6.07. The van der Waals surface area contributed by atoms with E-state index in [-0.39, 0.29) is 22.9 Å². The maximum Gasteiger partial charge on any atom is 0.237 e. The second-order valence-electron chi connectivity index (χ2n) is 5.11. The summed E-state index contributed by atoms with van der Waals surface area (Å²) in [4.78, 5) is 12.8. The molecule has 3 rings (SSSR count). The number of nitrogens with one attached hydrogen (secondary N) is 1. The predicted molar refractivity (Wildman–Crippen MR) is 68.3 cm³/mol. The number of hydrogen-bond donors (Lipinski definition) is 1. The second-order valence-corrected chi connectivity index (χ2v) is 6.49. The van der Waals surface area contributed by atoms with E-state index < -0.39 is 0 Å². The Kier molecular flexibility index (Phi) is 2.28. The zero-order valence-electron chi connectivity index (χ0n) is 10.1. The van der Waals surface area contributed by atoms with E-state index in [4.69, 9.17) is 4.74 Å². The molecule has 0 aliphatic carbocycles. The molecule has 0 aromatic heterocycles. The minimum atomic E-state index is -0.0622. The molecule has 1 aromatic rings. The normalized spacial score (nSPS) is 29.5. The van der Waals surface area contributed by atoms with Crippen LogP contribution in [0, 0.1) is 0 Å². The Bertz CT molecular complexity index is 498. The molecule has 2 aliphatic heterocycles. The first kappa shape index (κ1) is 11.1. The van der Waals surface area contributed by atoms with Crippen molar-refractivity contribution < 1.29 is 9.53 Å². The molecule has 1 N–H and O–H groups in total. The van der Waals surface area contributed by atoms with Crippen molar-refractivity contribution in [3.8, 4) is 0 Å². The Morgan fingerprint density at radius 3 is 2.76 bits per heavy atom. The largest absolute Gasteiger partial charge is 0.362 e. The van der Waals surface area contributed by atoms with Crippen molar-refractivity contribution in [2.75, 3.05) is 5.32 Å². The Balaban J connectivity index is 1.92. The number of thioether (sulfide) groups is 1. The summed E-state index contributed by atoms with van der Waals surface area (Å²) in [5.74, 6) is 0.0793. The molecule has 2 heterocycles. The van der Waals surface area contributed by atoms with Gasteiger partial charge in [0.25, 0.3) is 0 Å². The first-order valence-corrected chi connectivity index (χ1v) is 6.64. The minimum absolute atomic E-state index is 0.0121. The zero-order valence-corrected chi connectivity index (χ0v) is 10.9. The van der Waals surface area contributed by atoms with Crippen LogP contribution in [0.3, 0.4) is 0 Å². The number of hydrogen-bond acceptors (Lipinski definition) is 3. The molecule has 0 bridgehead atoms. The highest BCUT2D eigenvalue weighted by Crippen LogP contribution is 2.50. The van der Waals surface area contributed by atoms with Crippen LogP contribution < -0.4 is 5.32 Å². The molecule has 0 radical (unpaired) electrons. The predicted octanol–water partition coefficient (Wildman–Crippen LogP) is 2.97. The van der Waals surface area contributed by atoms with E-state index in [2.05, 4.69) is 31.3 Å². The number of rotatable bonds is 1. The van der Waals surface area contributed by atoms with Crippen LogP contribution in [0.4, 0.5) is 5.69 Å². The molecule has 3 nitrogen and oxygen atoms in total. The topological polar surface area (TPSA) is 41.6 Å². The van der Waals surface area contributed by atoms with E-state index in [9.17, 15) is 4.79 Å². The Hall–Kier alpha value is -1.00. The van der Waals surface area contributed by atoms with Crippen LogP contribution in [0.25, 0.3) is 0 Å². The van der Waals surface area contributed by atoms with Gasteiger partial charge in [-0.2, -0.15) is 0 Å². The lowest BCUT2D eigenvalue weighted by Gasteiger charge is -2.21. The van der Waals surface area contributed by atoms with Crippen molar-refractivity contribution in [2.45, 2.75) is 42.6 Å². The number of carbonyl (C=O) groups excluding carboxylic acids is 1. The summed E-state index contributed by atoms with van der Waals surface area (Å²) in [7, 11) is 0. The third-order valence-electron chi connectivity index (χ3n) is 3.23. The van der Waals surface area contributed by atoms with Gasteiger partial charge in [-0.1, -0.05) is 6.07 Å². The van der Waals surface area contributed by atoms with Gasteiger partial charge in [0.15, 0.2) is 0 Å². The van der Waals surface area contributed by atoms with Gasteiger partial charge in [-0.15, -0.1) is 11.8 Å². The smallest absolute Gasteiger partial charge is 0.237 e. The summed E-state index contributed by atoms with van der Waals surface area (Å²) in [6.07, 6.45) is 0.161. The van der Waals surface area contributed by atoms with Crippen LogP contribution >= 0.6 is 11.8 Å². The average molecular weight is 249 g/mol. The lowest BCUT2D eigenvalue weighted by atomic mass is 10.0. The van der Waals surface area contributed by atoms with Gasteiger partial charge < -0.3 is 10.1 Å². The van der Waals surface area contributed by atoms with Crippen molar-refractivity contribution in [3.63, 3.8) is 0 Å². The zero-order chi connectivity index (χ0) is 12.2. The highest BCUT2D eigenvalue weighted by Gasteiger charge is 2.49. The Morgan fingerprint density at radius 2 is 2.12 bits per heavy atom. The number of ether oxygens (including phenoxy) is 1. The molecule has 90 valence electrons. The lowest BCUT2D eigenvalue weighted by Crippen LogP contribution is -2.26. The third-order valence-corrected chi connectivity index (χ3v) is 4.41. The first-order valence-electron chi connectivity index (χ1n) is 5.77. The molecule has 2 unspecified atom stereocenters. The Labute approximate surface area is 105 Å². The van der Waals surface area contributed by atoms with E-state index in [1.807, 2.05) is 13.0 Å². The number of amides is 1. The molecule has 1 amide bonds. The number of anilines is 1. The van der Waals surface area contributed by atoms with Crippen LogP contribution in [0.1, 0.15) is 32.4 Å². The van der Waals surface area contributed by atoms with Gasteiger partial charge in [0, 0.05) is 4.90 Å². The molecule has 2 atom stereocenters. The van der Waals surface area contributed by atoms with Crippen LogP contribution in [-0.4, -0.2) is 16.8 Å². The molecular formula is C13H15NO2S. The monoisotopic (exact) mass is 249 g/mol. The van der Waals surface area contributed by atoms with Crippen LogP contribution in [-0.2, 0) is 9.53 Å². The van der Waals surface area contributed by atoms with E-state index in [0.29, 0.717) is 0 Å². The lowest BCUT2D eigenvalue weighted by molar-refractivity contribution is -0.115. The maximum atomic E-state index is 11.6. The number of carbonyl (C=O) groups is 1. The highest BCUT2D eigenvalue weighted by molar-refractivity contribution is 8.00. The quantitative estimate of drug-likeness (QED) is 0.778. The minimum Gasteiger partial charge on any atom is -0.362 e. The van der Waals surface area contributed by atoms with Gasteiger partial charge in [0.2, 0.25) is 5.91 Å². The fraction of sp³-hybridized carbons (Fsp3) is 0.462. The molecule has 1 fully saturated rings. The SMILES string of the molecule is CC1Sc2ccc(C3OC3(C)C)cc2NC1=O. The molecule has 2 aliphatic rings. The van der Waals surface area contributed by atoms with Crippen LogP contribution in [0.2, 0.25) is 0 Å². The van der Waals surface area contributed by atoms with E-state index in [0.717, 1.165) is 16.1 Å². The fourth-order valence-electron chi connectivity index (χ4n) is 2.13. The van der Waals surface area contributed by atoms with E-state index >= 15 is 0 Å². The number of epoxide rings is 1. The standard InChI is InChI=1S/C13H15NO2S/c1-7-12(15)14-9-6-8(4-5-10(9)17-7)11-13(2,3)16-11/h4-7,11H,1-3H3,(H,14,15). The van der Waals surface area contributed by atoms with Gasteiger partial charge >= 0.3 is 0 Å². The van der Waals surface area contributed by atoms with Crippen molar-refractivity contribution in [1.29, 1.82) is 0 Å². The molecule has 17 heavy (non-hydrogen) atoms. The van der Waals surface area contributed by atoms with Gasteiger partial charge in [0.1, 0.15) is 6.10 Å². The number of benzene rings is 1. The van der Waals surface area contributed by atoms with E-state index in [1.54, 1.807) is 11.8 Å². The fourth-order valence-corrected chi connectivity index (χ4v) is 3.06. The summed E-state index contributed by atoms with van der Waals surface area (Å²) in [5.41, 5.74) is 2.00. The molecule has 1 saturated heterocycles. The summed E-state index contributed by atoms with van der Waals surface area (Å²) in [5, 5.41) is 2.93. The van der Waals surface area contributed by atoms with Crippen LogP contribution in [0.15, 0.2) is 23.1 Å². The molecule has 0 spiro atoms. The van der Waals surface area contributed by atoms with Crippen molar-refractivity contribution in [2.24, 2.45) is 0 Å². The summed E-state index contributed by atoms with van der Waals surface area (Å²) in [6, 6.07) is 6.20. The molecule has 0 saturated carbocycles. The first-order chi connectivity index (χ1) is 7.97. The third kappa shape index (κ3) is 1.85.